The molecule has 9 heteroatoms. The van der Waals surface area contributed by atoms with Crippen molar-refractivity contribution in [1.29, 1.82) is 0 Å². The second-order valence-electron chi connectivity index (χ2n) is 4.77. The Morgan fingerprint density at radius 1 is 1.50 bits per heavy atom. The second kappa shape index (κ2) is 5.15. The van der Waals surface area contributed by atoms with Gasteiger partial charge in [0.15, 0.2) is 0 Å². The van der Waals surface area contributed by atoms with E-state index in [1.807, 2.05) is 0 Å². The van der Waals surface area contributed by atoms with E-state index in [0.29, 0.717) is 11.4 Å². The van der Waals surface area contributed by atoms with E-state index in [1.54, 1.807) is 13.8 Å². The number of carbonyl (C=O) groups is 1. The van der Waals surface area contributed by atoms with E-state index >= 15 is 0 Å². The molecule has 1 aliphatic heterocycles. The molecule has 2 atom stereocenters. The molecule has 112 valence electrons. The smallest absolute Gasteiger partial charge is 0.324 e. The van der Waals surface area contributed by atoms with Crippen molar-refractivity contribution in [2.45, 2.75) is 37.3 Å². The summed E-state index contributed by atoms with van der Waals surface area (Å²) in [5.74, 6) is -0.677. The molecule has 1 aromatic heterocycles. The molecule has 0 spiro atoms. The largest absolute Gasteiger partial charge is 0.468 e. The molecule has 0 saturated carbocycles. The molecule has 0 radical (unpaired) electrons. The van der Waals surface area contributed by atoms with E-state index in [4.69, 9.17) is 0 Å². The van der Waals surface area contributed by atoms with Crippen LogP contribution in [0.5, 0.6) is 0 Å². The fourth-order valence-corrected chi connectivity index (χ4v) is 4.40. The molecule has 0 bridgehead atoms. The summed E-state index contributed by atoms with van der Waals surface area (Å²) in [4.78, 5) is 11.7. The van der Waals surface area contributed by atoms with Crippen LogP contribution >= 0.6 is 0 Å². The molecular formula is C11H17N3O5S. The number of aliphatic hydroxyl groups excluding tert-OH is 1. The summed E-state index contributed by atoms with van der Waals surface area (Å²) in [5, 5.41) is 16.1. The van der Waals surface area contributed by atoms with Crippen molar-refractivity contribution in [2.24, 2.45) is 0 Å². The maximum atomic E-state index is 12.7. The van der Waals surface area contributed by atoms with Crippen LogP contribution < -0.4 is 0 Å². The number of H-pyrrole nitrogens is 1. The quantitative estimate of drug-likeness (QED) is 0.716. The van der Waals surface area contributed by atoms with E-state index < -0.39 is 28.1 Å². The predicted molar refractivity (Wildman–Crippen MR) is 68.4 cm³/mol. The lowest BCUT2D eigenvalue weighted by molar-refractivity contribution is -0.144. The van der Waals surface area contributed by atoms with Gasteiger partial charge in [0, 0.05) is 13.0 Å². The number of β-amino-alcohol motifs (C(OH)–C–C–N with tert-alkyl or cyclic N) is 1. The van der Waals surface area contributed by atoms with Gasteiger partial charge >= 0.3 is 5.97 Å². The number of nitrogens with one attached hydrogen (secondary N) is 1. The number of sulfonamides is 1. The number of rotatable bonds is 3. The third-order valence-electron chi connectivity index (χ3n) is 3.33. The summed E-state index contributed by atoms with van der Waals surface area (Å²) in [6.07, 6.45) is -0.858. The van der Waals surface area contributed by atoms with Crippen LogP contribution in [0.15, 0.2) is 4.90 Å². The highest BCUT2D eigenvalue weighted by Gasteiger charge is 2.45. The van der Waals surface area contributed by atoms with Crippen LogP contribution in [0, 0.1) is 13.8 Å². The Hall–Kier alpha value is -1.45. The van der Waals surface area contributed by atoms with Crippen LogP contribution in [0.3, 0.4) is 0 Å². The number of aryl methyl sites for hydroxylation is 2. The van der Waals surface area contributed by atoms with E-state index in [9.17, 15) is 18.3 Å². The highest BCUT2D eigenvalue weighted by molar-refractivity contribution is 7.89. The van der Waals surface area contributed by atoms with Gasteiger partial charge in [0.2, 0.25) is 10.0 Å². The minimum Gasteiger partial charge on any atom is -0.468 e. The summed E-state index contributed by atoms with van der Waals surface area (Å²) >= 11 is 0. The number of esters is 1. The first-order valence-electron chi connectivity index (χ1n) is 6.08. The Labute approximate surface area is 116 Å². The number of methoxy groups -OCH3 is 1. The Morgan fingerprint density at radius 3 is 2.65 bits per heavy atom. The number of ether oxygens (including phenoxy) is 1. The maximum Gasteiger partial charge on any atom is 0.324 e. The molecule has 0 amide bonds. The van der Waals surface area contributed by atoms with E-state index in [0.717, 1.165) is 4.31 Å². The molecular weight excluding hydrogens is 286 g/mol. The van der Waals surface area contributed by atoms with Gasteiger partial charge in [-0.2, -0.15) is 9.40 Å². The molecule has 2 unspecified atom stereocenters. The van der Waals surface area contributed by atoms with Crippen LogP contribution in [0.2, 0.25) is 0 Å². The molecule has 2 rings (SSSR count). The average molecular weight is 303 g/mol. The van der Waals surface area contributed by atoms with Gasteiger partial charge in [-0.25, -0.2) is 8.42 Å². The zero-order chi connectivity index (χ0) is 15.1. The fraction of sp³-hybridized carbons (Fsp3) is 0.636. The molecule has 0 aromatic carbocycles. The summed E-state index contributed by atoms with van der Waals surface area (Å²) in [7, 11) is -2.73. The summed E-state index contributed by atoms with van der Waals surface area (Å²) < 4.78 is 30.9. The Bertz CT molecular complexity index is 605. The average Bonchev–Trinajstić information content (AvgIpc) is 2.92. The Balaban J connectivity index is 2.45. The summed E-state index contributed by atoms with van der Waals surface area (Å²) in [5.41, 5.74) is 0.722. The van der Waals surface area contributed by atoms with Crippen molar-refractivity contribution in [1.82, 2.24) is 14.5 Å². The predicted octanol–water partition coefficient (Wildman–Crippen LogP) is -0.677. The number of hydrogen-bond acceptors (Lipinski definition) is 6. The molecule has 2 heterocycles. The van der Waals surface area contributed by atoms with Crippen molar-refractivity contribution < 1.29 is 23.1 Å². The first kappa shape index (κ1) is 14.9. The van der Waals surface area contributed by atoms with Crippen molar-refractivity contribution in [3.8, 4) is 0 Å². The van der Waals surface area contributed by atoms with Crippen LogP contribution in [0.1, 0.15) is 17.8 Å². The normalized spacial score (nSPS) is 24.0. The van der Waals surface area contributed by atoms with Crippen LogP contribution in [-0.4, -0.2) is 59.8 Å². The number of aromatic amines is 1. The van der Waals surface area contributed by atoms with Gasteiger partial charge in [0.05, 0.1) is 24.6 Å². The van der Waals surface area contributed by atoms with Gasteiger partial charge in [-0.05, 0) is 13.8 Å². The zero-order valence-corrected chi connectivity index (χ0v) is 12.3. The molecule has 1 aliphatic rings. The Kier molecular flexibility index (Phi) is 3.85. The lowest BCUT2D eigenvalue weighted by atomic mass is 10.2. The van der Waals surface area contributed by atoms with Crippen molar-refractivity contribution >= 4 is 16.0 Å². The lowest BCUT2D eigenvalue weighted by Crippen LogP contribution is -2.41. The molecule has 1 aromatic rings. The van der Waals surface area contributed by atoms with Gasteiger partial charge in [-0.3, -0.25) is 9.89 Å². The highest BCUT2D eigenvalue weighted by Crippen LogP contribution is 2.29. The van der Waals surface area contributed by atoms with Crippen LogP contribution in [0.25, 0.3) is 0 Å². The number of aromatic nitrogens is 2. The molecule has 8 nitrogen and oxygen atoms in total. The van der Waals surface area contributed by atoms with Gasteiger partial charge in [-0.1, -0.05) is 0 Å². The second-order valence-corrected chi connectivity index (χ2v) is 6.59. The third kappa shape index (κ3) is 2.32. The van der Waals surface area contributed by atoms with E-state index in [-0.39, 0.29) is 17.9 Å². The fourth-order valence-electron chi connectivity index (χ4n) is 2.44. The summed E-state index contributed by atoms with van der Waals surface area (Å²) in [6.45, 7) is 3.02. The van der Waals surface area contributed by atoms with Gasteiger partial charge in [0.1, 0.15) is 10.9 Å². The monoisotopic (exact) mass is 303 g/mol. The highest BCUT2D eigenvalue weighted by atomic mass is 32.2. The minimum atomic E-state index is -3.92. The number of carbonyl (C=O) groups excluding carboxylic acids is 1. The number of aliphatic hydroxyl groups is 1. The van der Waals surface area contributed by atoms with Crippen molar-refractivity contribution in [3.63, 3.8) is 0 Å². The molecule has 2 N–H and O–H groups in total. The zero-order valence-electron chi connectivity index (χ0n) is 11.5. The van der Waals surface area contributed by atoms with Gasteiger partial charge < -0.3 is 9.84 Å². The molecule has 1 saturated heterocycles. The van der Waals surface area contributed by atoms with Gasteiger partial charge in [0.25, 0.3) is 0 Å². The lowest BCUT2D eigenvalue weighted by Gasteiger charge is -2.21. The standard InChI is InChI=1S/C11H17N3O5S/c1-6-10(7(2)13-12-6)20(17,18)14-5-8(15)4-9(14)11(16)19-3/h8-9,15H,4-5H2,1-3H3,(H,12,13). The Morgan fingerprint density at radius 2 is 2.15 bits per heavy atom. The molecule has 20 heavy (non-hydrogen) atoms. The molecule has 0 aliphatic carbocycles. The maximum absolute atomic E-state index is 12.7. The first-order valence-corrected chi connectivity index (χ1v) is 7.52. The SMILES string of the molecule is COC(=O)C1CC(O)CN1S(=O)(=O)c1c(C)n[nH]c1C. The van der Waals surface area contributed by atoms with Crippen LogP contribution in [-0.2, 0) is 19.6 Å². The molecule has 1 fully saturated rings. The van der Waals surface area contributed by atoms with E-state index in [1.165, 1.54) is 7.11 Å². The van der Waals surface area contributed by atoms with Crippen molar-refractivity contribution in [3.05, 3.63) is 11.4 Å². The number of hydrogen-bond donors (Lipinski definition) is 2. The van der Waals surface area contributed by atoms with Crippen LogP contribution in [0.4, 0.5) is 0 Å². The number of nitrogens with zero attached hydrogens (tertiary/aromatic N) is 2. The minimum absolute atomic E-state index is 0.0296. The topological polar surface area (TPSA) is 113 Å². The first-order chi connectivity index (χ1) is 9.28. The van der Waals surface area contributed by atoms with Crippen molar-refractivity contribution in [2.75, 3.05) is 13.7 Å². The third-order valence-corrected chi connectivity index (χ3v) is 5.47. The van der Waals surface area contributed by atoms with E-state index in [2.05, 4.69) is 14.9 Å². The summed E-state index contributed by atoms with van der Waals surface area (Å²) in [6, 6.07) is -1.01. The van der Waals surface area contributed by atoms with Gasteiger partial charge in [-0.15, -0.1) is 0 Å².